The number of aromatic nitrogens is 2. The highest BCUT2D eigenvalue weighted by Gasteiger charge is 2.18. The fourth-order valence-corrected chi connectivity index (χ4v) is 5.22. The molecule has 1 amide bonds. The maximum atomic E-state index is 13.5. The molecule has 0 fully saturated rings. The summed E-state index contributed by atoms with van der Waals surface area (Å²) in [6, 6.07) is 22.2. The van der Waals surface area contributed by atoms with E-state index < -0.39 is 0 Å². The molecule has 1 N–H and O–H groups in total. The number of halogens is 1. The Balaban J connectivity index is 1.54. The first-order valence-corrected chi connectivity index (χ1v) is 12.9. The van der Waals surface area contributed by atoms with Gasteiger partial charge in [-0.1, -0.05) is 57.9 Å². The smallest absolute Gasteiger partial charge is 0.258 e. The normalized spacial score (nSPS) is 11.1. The SMILES string of the molecule is Cc1ccc(-c2cc(C(=O)Nc3nc(-c4ccc(C)c(C)c4)c(C)s3)c3cc(Br)ccc3n2)cc1. The van der Waals surface area contributed by atoms with Gasteiger partial charge in [-0.05, 0) is 69.2 Å². The maximum Gasteiger partial charge on any atom is 0.258 e. The molecule has 0 saturated carbocycles. The molecule has 0 spiro atoms. The maximum absolute atomic E-state index is 13.5. The number of nitrogens with zero attached hydrogens (tertiary/aromatic N) is 2. The summed E-state index contributed by atoms with van der Waals surface area (Å²) in [7, 11) is 0. The summed E-state index contributed by atoms with van der Waals surface area (Å²) in [5.74, 6) is -0.204. The first-order valence-electron chi connectivity index (χ1n) is 11.3. The minimum atomic E-state index is -0.204. The van der Waals surface area contributed by atoms with E-state index in [4.69, 9.17) is 9.97 Å². The standard InChI is InChI=1S/C29H24BrN3OS/c1-16-5-8-20(9-6-16)26-15-24(23-14-22(30)11-12-25(23)31-26)28(34)33-29-32-27(19(4)35-29)21-10-7-17(2)18(3)13-21/h5-15H,1-4H3,(H,32,33,34). The fraction of sp³-hybridized carbons (Fsp3) is 0.138. The number of aryl methyl sites for hydroxylation is 4. The summed E-state index contributed by atoms with van der Waals surface area (Å²) < 4.78 is 0.894. The molecule has 2 heterocycles. The molecule has 2 aromatic heterocycles. The molecule has 0 radical (unpaired) electrons. The first-order chi connectivity index (χ1) is 16.8. The fourth-order valence-electron chi connectivity index (χ4n) is 4.03. The predicted octanol–water partition coefficient (Wildman–Crippen LogP) is 8.27. The van der Waals surface area contributed by atoms with Gasteiger partial charge in [-0.2, -0.15) is 0 Å². The average Bonchev–Trinajstić information content (AvgIpc) is 3.20. The van der Waals surface area contributed by atoms with Crippen LogP contribution in [0.25, 0.3) is 33.4 Å². The van der Waals surface area contributed by atoms with E-state index in [1.54, 1.807) is 0 Å². The van der Waals surface area contributed by atoms with Crippen LogP contribution in [-0.2, 0) is 0 Å². The van der Waals surface area contributed by atoms with Crippen LogP contribution in [0.1, 0.15) is 31.9 Å². The summed E-state index contributed by atoms with van der Waals surface area (Å²) in [6.45, 7) is 8.28. The van der Waals surface area contributed by atoms with Gasteiger partial charge in [-0.3, -0.25) is 10.1 Å². The Bertz CT molecular complexity index is 1590. The van der Waals surface area contributed by atoms with E-state index in [1.165, 1.54) is 28.0 Å². The minimum Gasteiger partial charge on any atom is -0.298 e. The quantitative estimate of drug-likeness (QED) is 0.249. The van der Waals surface area contributed by atoms with Gasteiger partial charge >= 0.3 is 0 Å². The lowest BCUT2D eigenvalue weighted by Gasteiger charge is -2.10. The van der Waals surface area contributed by atoms with Crippen LogP contribution < -0.4 is 5.32 Å². The number of carbonyl (C=O) groups excluding carboxylic acids is 1. The molecule has 0 saturated heterocycles. The van der Waals surface area contributed by atoms with Crippen molar-refractivity contribution in [1.82, 2.24) is 9.97 Å². The lowest BCUT2D eigenvalue weighted by Crippen LogP contribution is -2.13. The van der Waals surface area contributed by atoms with Crippen LogP contribution in [0.2, 0.25) is 0 Å². The second-order valence-electron chi connectivity index (χ2n) is 8.76. The first kappa shape index (κ1) is 23.4. The molecule has 0 aliphatic carbocycles. The van der Waals surface area contributed by atoms with Crippen LogP contribution in [0.4, 0.5) is 5.13 Å². The molecule has 0 atom stereocenters. The Morgan fingerprint density at radius 2 is 1.57 bits per heavy atom. The van der Waals surface area contributed by atoms with E-state index >= 15 is 0 Å². The predicted molar refractivity (Wildman–Crippen MR) is 149 cm³/mol. The van der Waals surface area contributed by atoms with Crippen molar-refractivity contribution in [2.24, 2.45) is 0 Å². The minimum absolute atomic E-state index is 0.204. The van der Waals surface area contributed by atoms with Crippen molar-refractivity contribution in [3.05, 3.63) is 98.3 Å². The topological polar surface area (TPSA) is 54.9 Å². The third kappa shape index (κ3) is 4.77. The van der Waals surface area contributed by atoms with E-state index in [-0.39, 0.29) is 5.91 Å². The lowest BCUT2D eigenvalue weighted by atomic mass is 10.0. The van der Waals surface area contributed by atoms with Crippen molar-refractivity contribution < 1.29 is 4.79 Å². The molecule has 0 aliphatic rings. The molecule has 0 aliphatic heterocycles. The van der Waals surface area contributed by atoms with Crippen LogP contribution in [0.3, 0.4) is 0 Å². The number of nitrogens with one attached hydrogen (secondary N) is 1. The zero-order chi connectivity index (χ0) is 24.7. The third-order valence-electron chi connectivity index (χ3n) is 6.16. The zero-order valence-corrected chi connectivity index (χ0v) is 22.3. The van der Waals surface area contributed by atoms with E-state index in [0.29, 0.717) is 10.7 Å². The highest BCUT2D eigenvalue weighted by atomic mass is 79.9. The Hall–Kier alpha value is -3.35. The molecule has 35 heavy (non-hydrogen) atoms. The summed E-state index contributed by atoms with van der Waals surface area (Å²) >= 11 is 5.02. The van der Waals surface area contributed by atoms with Crippen molar-refractivity contribution in [2.45, 2.75) is 27.7 Å². The molecule has 174 valence electrons. The van der Waals surface area contributed by atoms with E-state index in [1.807, 2.05) is 43.3 Å². The van der Waals surface area contributed by atoms with Crippen LogP contribution >= 0.6 is 27.3 Å². The number of pyridine rings is 1. The third-order valence-corrected chi connectivity index (χ3v) is 7.54. The largest absolute Gasteiger partial charge is 0.298 e. The van der Waals surface area contributed by atoms with Gasteiger partial charge in [-0.15, -0.1) is 11.3 Å². The zero-order valence-electron chi connectivity index (χ0n) is 19.9. The van der Waals surface area contributed by atoms with Crippen LogP contribution in [-0.4, -0.2) is 15.9 Å². The number of anilines is 1. The molecule has 5 rings (SSSR count). The molecular weight excluding hydrogens is 518 g/mol. The molecule has 4 nitrogen and oxygen atoms in total. The number of thiazole rings is 1. The van der Waals surface area contributed by atoms with E-state index in [0.717, 1.165) is 42.8 Å². The van der Waals surface area contributed by atoms with Crippen molar-refractivity contribution in [1.29, 1.82) is 0 Å². The number of carbonyl (C=O) groups is 1. The van der Waals surface area contributed by atoms with E-state index in [2.05, 4.69) is 72.3 Å². The highest BCUT2D eigenvalue weighted by Crippen LogP contribution is 2.33. The Morgan fingerprint density at radius 3 is 2.31 bits per heavy atom. The summed E-state index contributed by atoms with van der Waals surface area (Å²) in [5, 5.41) is 4.41. The second-order valence-corrected chi connectivity index (χ2v) is 10.9. The number of fused-ring (bicyclic) bond motifs is 1. The van der Waals surface area contributed by atoms with Gasteiger partial charge in [0.15, 0.2) is 5.13 Å². The van der Waals surface area contributed by atoms with Gasteiger partial charge < -0.3 is 0 Å². The molecule has 0 bridgehead atoms. The van der Waals surface area contributed by atoms with Gasteiger partial charge in [0, 0.05) is 25.9 Å². The number of rotatable bonds is 4. The number of hydrogen-bond acceptors (Lipinski definition) is 4. The van der Waals surface area contributed by atoms with Gasteiger partial charge in [0.1, 0.15) is 0 Å². The lowest BCUT2D eigenvalue weighted by molar-refractivity contribution is 0.102. The average molecular weight is 543 g/mol. The molecular formula is C29H24BrN3OS. The number of amides is 1. The van der Waals surface area contributed by atoms with Crippen molar-refractivity contribution in [3.8, 4) is 22.5 Å². The van der Waals surface area contributed by atoms with Gasteiger partial charge in [0.25, 0.3) is 5.91 Å². The molecule has 5 aromatic rings. The number of hydrogen-bond donors (Lipinski definition) is 1. The Labute approximate surface area is 217 Å². The van der Waals surface area contributed by atoms with Crippen LogP contribution in [0.15, 0.2) is 71.2 Å². The molecule has 3 aromatic carbocycles. The monoisotopic (exact) mass is 541 g/mol. The van der Waals surface area contributed by atoms with Crippen molar-refractivity contribution in [3.63, 3.8) is 0 Å². The Kier molecular flexibility index (Phi) is 6.26. The van der Waals surface area contributed by atoms with Crippen molar-refractivity contribution in [2.75, 3.05) is 5.32 Å². The van der Waals surface area contributed by atoms with Crippen molar-refractivity contribution >= 4 is 49.2 Å². The van der Waals surface area contributed by atoms with Gasteiger partial charge in [0.2, 0.25) is 0 Å². The second kappa shape index (κ2) is 9.36. The van der Waals surface area contributed by atoms with Crippen LogP contribution in [0, 0.1) is 27.7 Å². The molecule has 6 heteroatoms. The van der Waals surface area contributed by atoms with E-state index in [9.17, 15) is 4.79 Å². The van der Waals surface area contributed by atoms with Gasteiger partial charge in [-0.25, -0.2) is 9.97 Å². The Morgan fingerprint density at radius 1 is 0.829 bits per heavy atom. The summed E-state index contributed by atoms with van der Waals surface area (Å²) in [5.41, 5.74) is 8.66. The summed E-state index contributed by atoms with van der Waals surface area (Å²) in [6.07, 6.45) is 0. The molecule has 0 unspecified atom stereocenters. The van der Waals surface area contributed by atoms with Crippen LogP contribution in [0.5, 0.6) is 0 Å². The summed E-state index contributed by atoms with van der Waals surface area (Å²) in [4.78, 5) is 24.2. The van der Waals surface area contributed by atoms with Gasteiger partial charge in [0.05, 0.1) is 22.5 Å². The highest BCUT2D eigenvalue weighted by molar-refractivity contribution is 9.10. The number of benzene rings is 3.